The van der Waals surface area contributed by atoms with Gasteiger partial charge < -0.3 is 19.1 Å². The average Bonchev–Trinajstić information content (AvgIpc) is 3.01. The summed E-state index contributed by atoms with van der Waals surface area (Å²) in [6.45, 7) is 0.511. The third-order valence-electron chi connectivity index (χ3n) is 4.07. The van der Waals surface area contributed by atoms with Crippen molar-refractivity contribution in [3.05, 3.63) is 47.8 Å². The van der Waals surface area contributed by atoms with Crippen molar-refractivity contribution in [3.8, 4) is 17.2 Å². The standard InChI is InChI=1S/C18H20N2O4S/c1-22-13-8-14(23-2)17(15(9-13)24-3)18-20(16(21)11-25-18)10-12-4-6-19-7-5-12/h4-9,18H,10-11H2,1-3H3. The molecule has 7 heteroatoms. The number of amides is 1. The molecule has 1 fully saturated rings. The third-order valence-corrected chi connectivity index (χ3v) is 5.29. The molecule has 0 bridgehead atoms. The Kier molecular flexibility index (Phi) is 5.33. The SMILES string of the molecule is COc1cc(OC)c(C2SCC(=O)N2Cc2ccncc2)c(OC)c1. The van der Waals surface area contributed by atoms with Gasteiger partial charge in [0, 0.05) is 31.1 Å². The predicted molar refractivity (Wildman–Crippen MR) is 96.1 cm³/mol. The molecule has 0 radical (unpaired) electrons. The number of pyridine rings is 1. The Morgan fingerprint density at radius 1 is 1.12 bits per heavy atom. The van der Waals surface area contributed by atoms with Gasteiger partial charge in [-0.1, -0.05) is 0 Å². The van der Waals surface area contributed by atoms with Gasteiger partial charge in [-0.2, -0.15) is 0 Å². The van der Waals surface area contributed by atoms with Crippen LogP contribution in [0.25, 0.3) is 0 Å². The van der Waals surface area contributed by atoms with Gasteiger partial charge in [0.15, 0.2) is 0 Å². The van der Waals surface area contributed by atoms with Gasteiger partial charge in [-0.3, -0.25) is 9.78 Å². The largest absolute Gasteiger partial charge is 0.496 e. The van der Waals surface area contributed by atoms with Gasteiger partial charge in [0.2, 0.25) is 5.91 Å². The van der Waals surface area contributed by atoms with Crippen molar-refractivity contribution >= 4 is 17.7 Å². The van der Waals surface area contributed by atoms with Crippen LogP contribution in [0.4, 0.5) is 0 Å². The predicted octanol–water partition coefficient (Wildman–Crippen LogP) is 2.88. The minimum absolute atomic E-state index is 0.0896. The van der Waals surface area contributed by atoms with E-state index in [-0.39, 0.29) is 11.3 Å². The average molecular weight is 360 g/mol. The fraction of sp³-hybridized carbons (Fsp3) is 0.333. The molecule has 1 aromatic carbocycles. The Hall–Kier alpha value is -2.41. The Labute approximate surface area is 151 Å². The smallest absolute Gasteiger partial charge is 0.234 e. The molecule has 1 amide bonds. The molecular weight excluding hydrogens is 340 g/mol. The number of rotatable bonds is 6. The maximum atomic E-state index is 12.5. The summed E-state index contributed by atoms with van der Waals surface area (Å²) in [6, 6.07) is 7.45. The van der Waals surface area contributed by atoms with Crippen LogP contribution in [0.5, 0.6) is 17.2 Å². The fourth-order valence-electron chi connectivity index (χ4n) is 2.83. The summed E-state index contributed by atoms with van der Waals surface area (Å²) in [5.41, 5.74) is 1.87. The molecule has 3 rings (SSSR count). The lowest BCUT2D eigenvalue weighted by Gasteiger charge is -2.27. The van der Waals surface area contributed by atoms with E-state index in [1.54, 1.807) is 45.5 Å². The first kappa shape index (κ1) is 17.4. The van der Waals surface area contributed by atoms with E-state index in [2.05, 4.69) is 4.98 Å². The molecule has 2 aromatic rings. The van der Waals surface area contributed by atoms with Crippen molar-refractivity contribution in [2.24, 2.45) is 0 Å². The van der Waals surface area contributed by atoms with Gasteiger partial charge in [-0.25, -0.2) is 0 Å². The minimum Gasteiger partial charge on any atom is -0.496 e. The van der Waals surface area contributed by atoms with E-state index < -0.39 is 0 Å². The molecule has 1 aromatic heterocycles. The van der Waals surface area contributed by atoms with Gasteiger partial charge in [-0.15, -0.1) is 11.8 Å². The second kappa shape index (κ2) is 7.65. The maximum absolute atomic E-state index is 12.5. The van der Waals surface area contributed by atoms with Crippen LogP contribution < -0.4 is 14.2 Å². The molecule has 1 saturated heterocycles. The van der Waals surface area contributed by atoms with Crippen LogP contribution in [0.3, 0.4) is 0 Å². The van der Waals surface area contributed by atoms with Crippen LogP contribution >= 0.6 is 11.8 Å². The summed E-state index contributed by atoms with van der Waals surface area (Å²) in [5.74, 6) is 2.44. The van der Waals surface area contributed by atoms with E-state index in [9.17, 15) is 4.79 Å². The van der Waals surface area contributed by atoms with E-state index in [0.717, 1.165) is 11.1 Å². The summed E-state index contributed by atoms with van der Waals surface area (Å²) in [7, 11) is 4.80. The van der Waals surface area contributed by atoms with Gasteiger partial charge in [-0.05, 0) is 17.7 Å². The zero-order chi connectivity index (χ0) is 17.8. The second-order valence-electron chi connectivity index (χ2n) is 5.49. The summed E-state index contributed by atoms with van der Waals surface area (Å²) in [6.07, 6.45) is 3.46. The number of hydrogen-bond acceptors (Lipinski definition) is 6. The first-order chi connectivity index (χ1) is 12.2. The van der Waals surface area contributed by atoms with Crippen LogP contribution in [0, 0.1) is 0 Å². The molecule has 0 aliphatic carbocycles. The molecule has 0 saturated carbocycles. The molecular formula is C18H20N2O4S. The lowest BCUT2D eigenvalue weighted by Crippen LogP contribution is -2.28. The zero-order valence-corrected chi connectivity index (χ0v) is 15.2. The van der Waals surface area contributed by atoms with Crippen LogP contribution in [-0.2, 0) is 11.3 Å². The third kappa shape index (κ3) is 3.51. The number of hydrogen-bond donors (Lipinski definition) is 0. The number of nitrogens with zero attached hydrogens (tertiary/aromatic N) is 2. The Morgan fingerprint density at radius 3 is 2.32 bits per heavy atom. The molecule has 0 spiro atoms. The number of ether oxygens (including phenoxy) is 3. The Morgan fingerprint density at radius 2 is 1.76 bits per heavy atom. The molecule has 1 aliphatic rings. The highest BCUT2D eigenvalue weighted by atomic mass is 32.2. The lowest BCUT2D eigenvalue weighted by atomic mass is 10.1. The van der Waals surface area contributed by atoms with Crippen molar-refractivity contribution in [1.29, 1.82) is 0 Å². The van der Waals surface area contributed by atoms with Crippen molar-refractivity contribution in [2.75, 3.05) is 27.1 Å². The van der Waals surface area contributed by atoms with Crippen molar-refractivity contribution in [2.45, 2.75) is 11.9 Å². The minimum atomic E-state index is -0.184. The van der Waals surface area contributed by atoms with Crippen LogP contribution in [0.2, 0.25) is 0 Å². The second-order valence-corrected chi connectivity index (χ2v) is 6.55. The van der Waals surface area contributed by atoms with E-state index >= 15 is 0 Å². The maximum Gasteiger partial charge on any atom is 0.234 e. The molecule has 1 atom stereocenters. The normalized spacial score (nSPS) is 16.8. The van der Waals surface area contributed by atoms with Crippen molar-refractivity contribution in [3.63, 3.8) is 0 Å². The van der Waals surface area contributed by atoms with E-state index in [1.165, 1.54) is 0 Å². The molecule has 2 heterocycles. The first-order valence-corrected chi connectivity index (χ1v) is 8.82. The number of aromatic nitrogens is 1. The van der Waals surface area contributed by atoms with Gasteiger partial charge in [0.25, 0.3) is 0 Å². The Bertz CT molecular complexity index is 729. The number of thioether (sulfide) groups is 1. The van der Waals surface area contributed by atoms with Crippen LogP contribution in [0.1, 0.15) is 16.5 Å². The molecule has 25 heavy (non-hydrogen) atoms. The number of carbonyl (C=O) groups is 1. The highest BCUT2D eigenvalue weighted by Crippen LogP contribution is 2.48. The number of benzene rings is 1. The monoisotopic (exact) mass is 360 g/mol. The summed E-state index contributed by atoms with van der Waals surface area (Å²) < 4.78 is 16.4. The van der Waals surface area contributed by atoms with Gasteiger partial charge in [0.1, 0.15) is 22.6 Å². The van der Waals surface area contributed by atoms with E-state index in [0.29, 0.717) is 29.5 Å². The highest BCUT2D eigenvalue weighted by Gasteiger charge is 2.37. The molecule has 6 nitrogen and oxygen atoms in total. The summed E-state index contributed by atoms with van der Waals surface area (Å²) in [4.78, 5) is 18.3. The van der Waals surface area contributed by atoms with Crippen molar-refractivity contribution in [1.82, 2.24) is 9.88 Å². The van der Waals surface area contributed by atoms with E-state index in [1.807, 2.05) is 29.2 Å². The highest BCUT2D eigenvalue weighted by molar-refractivity contribution is 8.00. The lowest BCUT2D eigenvalue weighted by molar-refractivity contribution is -0.128. The van der Waals surface area contributed by atoms with Crippen LogP contribution in [0.15, 0.2) is 36.7 Å². The molecule has 0 N–H and O–H groups in total. The summed E-state index contributed by atoms with van der Waals surface area (Å²) in [5, 5.41) is -0.184. The summed E-state index contributed by atoms with van der Waals surface area (Å²) >= 11 is 1.56. The van der Waals surface area contributed by atoms with Gasteiger partial charge >= 0.3 is 0 Å². The fourth-order valence-corrected chi connectivity index (χ4v) is 4.06. The van der Waals surface area contributed by atoms with Crippen molar-refractivity contribution < 1.29 is 19.0 Å². The quantitative estimate of drug-likeness (QED) is 0.789. The van der Waals surface area contributed by atoms with E-state index in [4.69, 9.17) is 14.2 Å². The molecule has 132 valence electrons. The number of carbonyl (C=O) groups excluding carboxylic acids is 1. The topological polar surface area (TPSA) is 60.9 Å². The van der Waals surface area contributed by atoms with Crippen LogP contribution in [-0.4, -0.2) is 42.9 Å². The van der Waals surface area contributed by atoms with Gasteiger partial charge in [0.05, 0.1) is 32.6 Å². The number of methoxy groups -OCH3 is 3. The first-order valence-electron chi connectivity index (χ1n) is 7.77. The molecule has 1 aliphatic heterocycles. The zero-order valence-electron chi connectivity index (χ0n) is 14.4. The Balaban J connectivity index is 2.00. The molecule has 1 unspecified atom stereocenters.